The lowest BCUT2D eigenvalue weighted by Gasteiger charge is -2.29. The minimum absolute atomic E-state index is 0.869. The average molecular weight is 925 g/mol. The number of nitrogens with zero attached hydrogens (tertiary/aromatic N) is 2. The molecule has 0 aliphatic rings. The highest BCUT2D eigenvalue weighted by molar-refractivity contribution is 6.29. The second-order valence-corrected chi connectivity index (χ2v) is 18.9. The van der Waals surface area contributed by atoms with E-state index in [0.29, 0.717) is 0 Å². The Labute approximate surface area is 417 Å². The number of hydrogen-bond donors (Lipinski definition) is 0. The zero-order valence-corrected chi connectivity index (χ0v) is 40.1. The number of fused-ring (bicyclic) bond motifs is 6. The van der Waals surface area contributed by atoms with E-state index >= 15 is 0 Å². The molecular weight excluding hydrogens is 877 g/mol. The summed E-state index contributed by atoms with van der Waals surface area (Å²) in [5.74, 6) is 0. The van der Waals surface area contributed by atoms with Gasteiger partial charge in [-0.1, -0.05) is 196 Å². The summed E-state index contributed by atoms with van der Waals surface area (Å²) < 4.78 is 14.0. The summed E-state index contributed by atoms with van der Waals surface area (Å²) in [5.41, 5.74) is 17.0. The molecule has 0 aliphatic heterocycles. The first-order valence-corrected chi connectivity index (χ1v) is 25.1. The molecule has 0 spiro atoms. The molecular formula is C68H48N2O2. The predicted molar refractivity (Wildman–Crippen MR) is 304 cm³/mol. The van der Waals surface area contributed by atoms with Crippen LogP contribution < -0.4 is 9.80 Å². The molecule has 0 bridgehead atoms. The van der Waals surface area contributed by atoms with Crippen molar-refractivity contribution in [3.05, 3.63) is 242 Å². The van der Waals surface area contributed by atoms with Gasteiger partial charge in [-0.15, -0.1) is 0 Å². The van der Waals surface area contributed by atoms with Crippen LogP contribution in [0.3, 0.4) is 0 Å². The van der Waals surface area contributed by atoms with Gasteiger partial charge in [-0.25, -0.2) is 0 Å². The fourth-order valence-electron chi connectivity index (χ4n) is 11.5. The number of hydrogen-bond acceptors (Lipinski definition) is 4. The molecule has 0 N–H and O–H groups in total. The van der Waals surface area contributed by atoms with Gasteiger partial charge in [0.15, 0.2) is 11.2 Å². The fraction of sp³-hybridized carbons (Fsp3) is 0.0588. The molecule has 72 heavy (non-hydrogen) atoms. The Balaban J connectivity index is 1.01. The molecule has 2 heterocycles. The first kappa shape index (κ1) is 41.8. The molecule has 0 amide bonds. The standard InChI is InChI=1S/C68H48N2O2/c1-3-43-19-11-21-53-55-23-13-25-61(67(55)71-65(43)53)69(51-35-27-47(28-36-51)45-15-7-5-8-16-45)59-41-33-49-32-40-58-60(42-34-50-31-39-57(59)63(49)64(50)58)70(52-37-29-48(30-38-52)46-17-9-6-10-18-46)62-26-14-24-56-54-22-12-20-44(4-2)66(54)72-68(56)62/h5-42H,3-4H2,1-2H3. The summed E-state index contributed by atoms with van der Waals surface area (Å²) >= 11 is 0. The lowest BCUT2D eigenvalue weighted by molar-refractivity contribution is 0.663. The van der Waals surface area contributed by atoms with E-state index < -0.39 is 0 Å². The van der Waals surface area contributed by atoms with Crippen LogP contribution in [0.25, 0.3) is 98.4 Å². The Bertz CT molecular complexity index is 4060. The topological polar surface area (TPSA) is 32.8 Å². The molecule has 4 nitrogen and oxygen atoms in total. The van der Waals surface area contributed by atoms with Crippen LogP contribution >= 0.6 is 0 Å². The maximum atomic E-state index is 7.01. The van der Waals surface area contributed by atoms with Gasteiger partial charge in [-0.3, -0.25) is 0 Å². The number of anilines is 6. The molecule has 4 heteroatoms. The Hall–Kier alpha value is -9.12. The monoisotopic (exact) mass is 924 g/mol. The van der Waals surface area contributed by atoms with Gasteiger partial charge in [0.2, 0.25) is 0 Å². The summed E-state index contributed by atoms with van der Waals surface area (Å²) in [4.78, 5) is 4.82. The van der Waals surface area contributed by atoms with Gasteiger partial charge >= 0.3 is 0 Å². The number of furan rings is 2. The van der Waals surface area contributed by atoms with Crippen molar-refractivity contribution >= 4 is 110 Å². The molecule has 0 radical (unpaired) electrons. The minimum atomic E-state index is 0.869. The largest absolute Gasteiger partial charge is 0.454 e. The van der Waals surface area contributed by atoms with E-state index in [9.17, 15) is 0 Å². The van der Waals surface area contributed by atoms with Crippen LogP contribution in [-0.2, 0) is 12.8 Å². The lowest BCUT2D eigenvalue weighted by atomic mass is 9.91. The summed E-state index contributed by atoms with van der Waals surface area (Å²) in [6, 6.07) is 83.8. The van der Waals surface area contributed by atoms with Crippen LogP contribution in [-0.4, -0.2) is 0 Å². The van der Waals surface area contributed by atoms with Gasteiger partial charge < -0.3 is 18.6 Å². The second kappa shape index (κ2) is 16.8. The number of aryl methyl sites for hydroxylation is 2. The molecule has 0 aliphatic carbocycles. The highest BCUT2D eigenvalue weighted by Gasteiger charge is 2.26. The van der Waals surface area contributed by atoms with E-state index in [-0.39, 0.29) is 0 Å². The SMILES string of the molecule is CCc1cccc2c1oc1c(N(c3ccc(-c4ccccc4)cc3)c3ccc4ccc5c(N(c6ccc(-c7ccccc7)cc6)c6cccc7c6oc6c(CC)cccc67)ccc6ccc3c4c65)cccc12. The van der Waals surface area contributed by atoms with Crippen molar-refractivity contribution in [3.8, 4) is 22.3 Å². The summed E-state index contributed by atoms with van der Waals surface area (Å²) in [7, 11) is 0. The molecule has 14 rings (SSSR count). The molecule has 12 aromatic carbocycles. The zero-order chi connectivity index (χ0) is 47.9. The molecule has 0 saturated heterocycles. The first-order chi connectivity index (χ1) is 35.6. The lowest BCUT2D eigenvalue weighted by Crippen LogP contribution is -2.12. The second-order valence-electron chi connectivity index (χ2n) is 18.9. The molecule has 0 unspecified atom stereocenters. The van der Waals surface area contributed by atoms with E-state index in [0.717, 1.165) is 102 Å². The molecule has 14 aromatic rings. The highest BCUT2D eigenvalue weighted by Crippen LogP contribution is 2.51. The number of rotatable bonds is 10. The third-order valence-electron chi connectivity index (χ3n) is 15.0. The average Bonchev–Trinajstić information content (AvgIpc) is 4.04. The van der Waals surface area contributed by atoms with Gasteiger partial charge in [-0.2, -0.15) is 0 Å². The van der Waals surface area contributed by atoms with Gasteiger partial charge in [0.25, 0.3) is 0 Å². The Kier molecular flexibility index (Phi) is 9.75. The van der Waals surface area contributed by atoms with Crippen molar-refractivity contribution < 1.29 is 8.83 Å². The van der Waals surface area contributed by atoms with E-state index in [1.165, 1.54) is 54.9 Å². The van der Waals surface area contributed by atoms with Crippen molar-refractivity contribution in [1.82, 2.24) is 0 Å². The van der Waals surface area contributed by atoms with Crippen LogP contribution in [0.4, 0.5) is 34.1 Å². The van der Waals surface area contributed by atoms with Gasteiger partial charge in [0, 0.05) is 43.7 Å². The number of benzene rings is 12. The van der Waals surface area contributed by atoms with Crippen molar-refractivity contribution in [2.75, 3.05) is 9.80 Å². The Morgan fingerprint density at radius 1 is 0.278 bits per heavy atom. The summed E-state index contributed by atoms with van der Waals surface area (Å²) in [6.45, 7) is 4.39. The molecule has 0 fully saturated rings. The molecule has 0 saturated carbocycles. The van der Waals surface area contributed by atoms with E-state index in [2.05, 4.69) is 254 Å². The first-order valence-electron chi connectivity index (χ1n) is 25.1. The van der Waals surface area contributed by atoms with Gasteiger partial charge in [-0.05, 0) is 116 Å². The minimum Gasteiger partial charge on any atom is -0.454 e. The van der Waals surface area contributed by atoms with Gasteiger partial charge in [0.1, 0.15) is 11.2 Å². The Morgan fingerprint density at radius 3 is 1.04 bits per heavy atom. The maximum absolute atomic E-state index is 7.01. The summed E-state index contributed by atoms with van der Waals surface area (Å²) in [5, 5.41) is 11.6. The highest BCUT2D eigenvalue weighted by atomic mass is 16.3. The Morgan fingerprint density at radius 2 is 0.639 bits per heavy atom. The van der Waals surface area contributed by atoms with E-state index in [1.807, 2.05) is 0 Å². The van der Waals surface area contributed by atoms with Crippen LogP contribution in [0, 0.1) is 0 Å². The van der Waals surface area contributed by atoms with Crippen LogP contribution in [0.5, 0.6) is 0 Å². The predicted octanol–water partition coefficient (Wildman–Crippen LogP) is 19.8. The normalized spacial score (nSPS) is 11.9. The van der Waals surface area contributed by atoms with Crippen LogP contribution in [0.15, 0.2) is 239 Å². The van der Waals surface area contributed by atoms with Crippen LogP contribution in [0.2, 0.25) is 0 Å². The maximum Gasteiger partial charge on any atom is 0.159 e. The van der Waals surface area contributed by atoms with Gasteiger partial charge in [0.05, 0.1) is 22.7 Å². The van der Waals surface area contributed by atoms with E-state index in [1.54, 1.807) is 0 Å². The smallest absolute Gasteiger partial charge is 0.159 e. The molecule has 0 atom stereocenters. The van der Waals surface area contributed by atoms with Crippen molar-refractivity contribution in [2.24, 2.45) is 0 Å². The number of para-hydroxylation sites is 4. The fourth-order valence-corrected chi connectivity index (χ4v) is 11.5. The van der Waals surface area contributed by atoms with Crippen molar-refractivity contribution in [3.63, 3.8) is 0 Å². The summed E-state index contributed by atoms with van der Waals surface area (Å²) in [6.07, 6.45) is 1.77. The van der Waals surface area contributed by atoms with Crippen molar-refractivity contribution in [1.29, 1.82) is 0 Å². The zero-order valence-electron chi connectivity index (χ0n) is 40.1. The third-order valence-corrected chi connectivity index (χ3v) is 15.0. The van der Waals surface area contributed by atoms with E-state index in [4.69, 9.17) is 8.83 Å². The molecule has 342 valence electrons. The van der Waals surface area contributed by atoms with Crippen molar-refractivity contribution in [2.45, 2.75) is 26.7 Å². The molecule has 2 aromatic heterocycles. The van der Waals surface area contributed by atoms with Crippen LogP contribution in [0.1, 0.15) is 25.0 Å². The third kappa shape index (κ3) is 6.53. The quantitative estimate of drug-likeness (QED) is 0.128.